The maximum absolute atomic E-state index is 2.47. The van der Waals surface area contributed by atoms with Crippen LogP contribution in [0.3, 0.4) is 0 Å². The van der Waals surface area contributed by atoms with Gasteiger partial charge in [0.25, 0.3) is 0 Å². The fourth-order valence-electron chi connectivity index (χ4n) is 14.7. The zero-order chi connectivity index (χ0) is 59.0. The molecule has 0 atom stereocenters. The highest BCUT2D eigenvalue weighted by molar-refractivity contribution is 7.26. The van der Waals surface area contributed by atoms with E-state index < -0.39 is 0 Å². The summed E-state index contributed by atoms with van der Waals surface area (Å²) in [7, 11) is 0. The number of hydrogen-bond acceptors (Lipinski definition) is 2. The van der Waals surface area contributed by atoms with Crippen LogP contribution in [0, 0.1) is 0 Å². The Labute approximate surface area is 525 Å². The molecule has 4 nitrogen and oxygen atoms in total. The molecule has 6 heteroatoms. The summed E-state index contributed by atoms with van der Waals surface area (Å²) in [5, 5.41) is 15.5. The Hall–Kier alpha value is -11.3. The van der Waals surface area contributed by atoms with Crippen molar-refractivity contribution in [1.82, 2.24) is 18.3 Å². The van der Waals surface area contributed by atoms with E-state index in [1.165, 1.54) is 161 Å². The zero-order valence-electron chi connectivity index (χ0n) is 48.6. The van der Waals surface area contributed by atoms with Crippen LogP contribution in [0.5, 0.6) is 0 Å². The van der Waals surface area contributed by atoms with Crippen molar-refractivity contribution in [2.24, 2.45) is 0 Å². The summed E-state index contributed by atoms with van der Waals surface area (Å²) in [6.45, 7) is 0. The molecule has 0 spiro atoms. The molecule has 0 unspecified atom stereocenters. The summed E-state index contributed by atoms with van der Waals surface area (Å²) in [4.78, 5) is 0. The Morgan fingerprint density at radius 3 is 0.922 bits per heavy atom. The Morgan fingerprint density at radius 1 is 0.178 bits per heavy atom. The van der Waals surface area contributed by atoms with E-state index >= 15 is 0 Å². The molecule has 6 aromatic heterocycles. The molecule has 0 saturated carbocycles. The zero-order valence-corrected chi connectivity index (χ0v) is 50.3. The van der Waals surface area contributed by atoms with Gasteiger partial charge in [0, 0.05) is 106 Å². The molecular weight excluding hydrogens is 1130 g/mol. The number of para-hydroxylation sites is 6. The number of nitrogens with zero attached hydrogens (tertiary/aromatic N) is 4. The van der Waals surface area contributed by atoms with Gasteiger partial charge in [-0.1, -0.05) is 194 Å². The molecule has 0 aliphatic heterocycles. The molecule has 20 rings (SSSR count). The van der Waals surface area contributed by atoms with Crippen LogP contribution in [-0.4, -0.2) is 18.3 Å². The van der Waals surface area contributed by atoms with Gasteiger partial charge in [0.05, 0.1) is 44.1 Å². The molecule has 0 aliphatic carbocycles. The van der Waals surface area contributed by atoms with E-state index in [9.17, 15) is 0 Å². The summed E-state index contributed by atoms with van der Waals surface area (Å²) < 4.78 is 15.1. The van der Waals surface area contributed by atoms with E-state index in [0.717, 1.165) is 11.4 Å². The van der Waals surface area contributed by atoms with Crippen molar-refractivity contribution in [2.45, 2.75) is 0 Å². The summed E-state index contributed by atoms with van der Waals surface area (Å²) in [6, 6.07) is 115. The van der Waals surface area contributed by atoms with Crippen molar-refractivity contribution in [3.05, 3.63) is 315 Å². The SMILES string of the molecule is c1ccc(-n2c3ccccc3c3c2ccc2c4ccccc4n(-c4ccc(-c5ccc6sc7ccccc7c6c5)cc4)c23)cc1.c1ccc(-n2c3ccccc3c3ccc4c(c5ccccc5n4-c4ccc(-c5ccc6sc7ccccc7c6c5)cc4)c32)cc1. The van der Waals surface area contributed by atoms with Crippen molar-refractivity contribution in [3.63, 3.8) is 0 Å². The van der Waals surface area contributed by atoms with Gasteiger partial charge in [-0.15, -0.1) is 22.7 Å². The Balaban J connectivity index is 0.000000130. The number of hydrogen-bond donors (Lipinski definition) is 0. The van der Waals surface area contributed by atoms with Gasteiger partial charge >= 0.3 is 0 Å². The summed E-state index contributed by atoms with van der Waals surface area (Å²) in [6.07, 6.45) is 0. The first-order chi connectivity index (χ1) is 44.7. The van der Waals surface area contributed by atoms with E-state index in [4.69, 9.17) is 0 Å². The molecule has 14 aromatic carbocycles. The molecule has 20 aromatic rings. The molecule has 0 amide bonds. The van der Waals surface area contributed by atoms with Gasteiger partial charge in [0.1, 0.15) is 0 Å². The van der Waals surface area contributed by atoms with Crippen LogP contribution in [0.1, 0.15) is 0 Å². The molecule has 0 N–H and O–H groups in total. The topological polar surface area (TPSA) is 19.7 Å². The van der Waals surface area contributed by atoms with Crippen molar-refractivity contribution in [1.29, 1.82) is 0 Å². The minimum atomic E-state index is 1.16. The lowest BCUT2D eigenvalue weighted by Crippen LogP contribution is -1.95. The molecule has 0 aliphatic rings. The third-order valence-electron chi connectivity index (χ3n) is 18.6. The molecule has 0 bridgehead atoms. The van der Waals surface area contributed by atoms with Gasteiger partial charge in [0.15, 0.2) is 0 Å². The largest absolute Gasteiger partial charge is 0.309 e. The Kier molecular flexibility index (Phi) is 11.4. The van der Waals surface area contributed by atoms with Crippen molar-refractivity contribution < 1.29 is 0 Å². The van der Waals surface area contributed by atoms with Gasteiger partial charge < -0.3 is 18.3 Å². The Morgan fingerprint density at radius 2 is 0.489 bits per heavy atom. The van der Waals surface area contributed by atoms with Crippen molar-refractivity contribution in [3.8, 4) is 45.0 Å². The van der Waals surface area contributed by atoms with Crippen LogP contribution < -0.4 is 0 Å². The fraction of sp³-hybridized carbons (Fsp3) is 0. The highest BCUT2D eigenvalue weighted by Crippen LogP contribution is 2.46. The van der Waals surface area contributed by atoms with Crippen LogP contribution in [0.25, 0.3) is 173 Å². The van der Waals surface area contributed by atoms with Gasteiger partial charge in [-0.2, -0.15) is 0 Å². The minimum absolute atomic E-state index is 1.16. The molecule has 420 valence electrons. The van der Waals surface area contributed by atoms with Crippen LogP contribution >= 0.6 is 22.7 Å². The molecule has 0 radical (unpaired) electrons. The first-order valence-electron chi connectivity index (χ1n) is 30.7. The maximum Gasteiger partial charge on any atom is 0.0641 e. The first kappa shape index (κ1) is 50.8. The van der Waals surface area contributed by atoms with Gasteiger partial charge in [-0.05, 0) is 144 Å². The third kappa shape index (κ3) is 7.72. The summed E-state index contributed by atoms with van der Waals surface area (Å²) in [5.41, 5.74) is 19.4. The van der Waals surface area contributed by atoms with Crippen LogP contribution in [0.2, 0.25) is 0 Å². The molecule has 90 heavy (non-hydrogen) atoms. The second-order valence-corrected chi connectivity index (χ2v) is 25.7. The lowest BCUT2D eigenvalue weighted by atomic mass is 10.0. The molecular formula is C84H52N4S2. The van der Waals surface area contributed by atoms with Crippen LogP contribution in [-0.2, 0) is 0 Å². The number of rotatable bonds is 6. The normalized spacial score (nSPS) is 12.0. The van der Waals surface area contributed by atoms with E-state index in [1.54, 1.807) is 0 Å². The van der Waals surface area contributed by atoms with Crippen molar-refractivity contribution in [2.75, 3.05) is 0 Å². The number of fused-ring (bicyclic) bond motifs is 20. The summed E-state index contributed by atoms with van der Waals surface area (Å²) >= 11 is 3.73. The van der Waals surface area contributed by atoms with Crippen LogP contribution in [0.15, 0.2) is 315 Å². The lowest BCUT2D eigenvalue weighted by Gasteiger charge is -2.11. The highest BCUT2D eigenvalue weighted by atomic mass is 32.1. The van der Waals surface area contributed by atoms with E-state index in [0.29, 0.717) is 0 Å². The molecule has 0 saturated heterocycles. The number of benzene rings is 14. The van der Waals surface area contributed by atoms with Gasteiger partial charge in [0.2, 0.25) is 0 Å². The predicted molar refractivity (Wildman–Crippen MR) is 387 cm³/mol. The fourth-order valence-corrected chi connectivity index (χ4v) is 16.9. The van der Waals surface area contributed by atoms with Gasteiger partial charge in [-0.25, -0.2) is 0 Å². The highest BCUT2D eigenvalue weighted by Gasteiger charge is 2.23. The van der Waals surface area contributed by atoms with E-state index in [-0.39, 0.29) is 0 Å². The van der Waals surface area contributed by atoms with Gasteiger partial charge in [-0.3, -0.25) is 0 Å². The third-order valence-corrected chi connectivity index (χ3v) is 20.9. The number of aromatic nitrogens is 4. The lowest BCUT2D eigenvalue weighted by molar-refractivity contribution is 1.17. The van der Waals surface area contributed by atoms with Crippen LogP contribution in [0.4, 0.5) is 0 Å². The smallest absolute Gasteiger partial charge is 0.0641 e. The van der Waals surface area contributed by atoms with E-state index in [2.05, 4.69) is 334 Å². The monoisotopic (exact) mass is 1180 g/mol. The summed E-state index contributed by atoms with van der Waals surface area (Å²) in [5.74, 6) is 0. The Bertz CT molecular complexity index is 6250. The molecule has 6 heterocycles. The van der Waals surface area contributed by atoms with E-state index in [1.807, 2.05) is 22.7 Å². The maximum atomic E-state index is 2.47. The quantitative estimate of drug-likeness (QED) is 0.158. The van der Waals surface area contributed by atoms with Crippen molar-refractivity contribution >= 4 is 150 Å². The average molecular weight is 1180 g/mol. The second kappa shape index (κ2) is 20.1. The average Bonchev–Trinajstić information content (AvgIpc) is 1.59. The number of thiophene rings is 2. The predicted octanol–water partition coefficient (Wildman–Crippen LogP) is 23.8. The minimum Gasteiger partial charge on any atom is -0.309 e. The first-order valence-corrected chi connectivity index (χ1v) is 32.4. The second-order valence-electron chi connectivity index (χ2n) is 23.5. The molecule has 0 fully saturated rings. The standard InChI is InChI=1S/2C42H26N2S/c1-2-10-29(11-3-1)44-36-15-7-4-12-31(36)33-23-24-38-41(42(33)44)34-14-5-8-16-37(34)43(38)30-21-18-27(19-22-30)28-20-25-40-35(26-28)32-13-6-9-17-39(32)45-40;1-2-10-29(11-3-1)43-37-16-8-5-14-34(37)41-38(43)24-23-33-31-12-4-7-15-36(31)44(42(33)41)30-21-18-27(19-22-30)28-20-25-40-35(26-28)32-13-6-9-17-39(32)45-40/h2*1-26H.